The summed E-state index contributed by atoms with van der Waals surface area (Å²) in [6, 6.07) is 3.64. The molecular weight excluding hydrogens is 182 g/mol. The fourth-order valence-corrected chi connectivity index (χ4v) is 1.19. The van der Waals surface area contributed by atoms with Crippen LogP contribution in [0.4, 0.5) is 0 Å². The lowest BCUT2D eigenvalue weighted by Crippen LogP contribution is -2.02. The summed E-state index contributed by atoms with van der Waals surface area (Å²) in [5, 5.41) is 8.54. The molecule has 0 radical (unpaired) electrons. The molecule has 0 atom stereocenters. The van der Waals surface area contributed by atoms with Gasteiger partial charge in [-0.05, 0) is 19.1 Å². The van der Waals surface area contributed by atoms with Crippen molar-refractivity contribution in [3.8, 4) is 5.75 Å². The Bertz CT molecular complexity index is 336. The normalized spacial score (nSPS) is 9.86. The van der Waals surface area contributed by atoms with Gasteiger partial charge in [0.25, 0.3) is 0 Å². The maximum atomic E-state index is 10.4. The van der Waals surface area contributed by atoms with Gasteiger partial charge in [0, 0.05) is 12.1 Å². The van der Waals surface area contributed by atoms with Crippen molar-refractivity contribution in [2.45, 2.75) is 19.8 Å². The lowest BCUT2D eigenvalue weighted by molar-refractivity contribution is -0.136. The molecule has 1 heterocycles. The molecule has 1 aromatic rings. The zero-order chi connectivity index (χ0) is 10.6. The molecule has 1 rings (SSSR count). The Morgan fingerprint density at radius 3 is 2.86 bits per heavy atom. The van der Waals surface area contributed by atoms with Gasteiger partial charge in [0.1, 0.15) is 5.75 Å². The Labute approximate surface area is 82.5 Å². The second-order valence-electron chi connectivity index (χ2n) is 3.00. The Morgan fingerprint density at radius 1 is 1.57 bits per heavy atom. The molecular formula is C10H13NO3. The minimum atomic E-state index is -0.824. The van der Waals surface area contributed by atoms with Crippen molar-refractivity contribution in [2.75, 3.05) is 7.11 Å². The van der Waals surface area contributed by atoms with Gasteiger partial charge in [-0.1, -0.05) is 0 Å². The average molecular weight is 195 g/mol. The maximum Gasteiger partial charge on any atom is 0.303 e. The molecule has 0 aliphatic carbocycles. The lowest BCUT2D eigenvalue weighted by Gasteiger charge is -2.06. The first-order chi connectivity index (χ1) is 6.63. The highest BCUT2D eigenvalue weighted by Gasteiger charge is 2.06. The quantitative estimate of drug-likeness (QED) is 0.789. The van der Waals surface area contributed by atoms with Gasteiger partial charge in [0.05, 0.1) is 19.2 Å². The zero-order valence-electron chi connectivity index (χ0n) is 8.28. The van der Waals surface area contributed by atoms with E-state index in [0.29, 0.717) is 17.9 Å². The Morgan fingerprint density at radius 2 is 2.29 bits per heavy atom. The third kappa shape index (κ3) is 2.73. The summed E-state index contributed by atoms with van der Waals surface area (Å²) in [5.41, 5.74) is 1.57. The topological polar surface area (TPSA) is 59.4 Å². The number of ether oxygens (including phenoxy) is 1. The van der Waals surface area contributed by atoms with Crippen LogP contribution < -0.4 is 4.74 Å². The van der Waals surface area contributed by atoms with E-state index in [1.54, 1.807) is 13.2 Å². The molecule has 14 heavy (non-hydrogen) atoms. The predicted octanol–water partition coefficient (Wildman–Crippen LogP) is 1.42. The van der Waals surface area contributed by atoms with E-state index in [0.717, 1.165) is 5.69 Å². The highest BCUT2D eigenvalue weighted by atomic mass is 16.5. The van der Waals surface area contributed by atoms with Crippen LogP contribution in [-0.2, 0) is 11.2 Å². The van der Waals surface area contributed by atoms with Crippen LogP contribution in [0.25, 0.3) is 0 Å². The summed E-state index contributed by atoms with van der Waals surface area (Å²) in [6.07, 6.45) is 0.479. The van der Waals surface area contributed by atoms with Gasteiger partial charge in [-0.3, -0.25) is 9.78 Å². The summed E-state index contributed by atoms with van der Waals surface area (Å²) in [4.78, 5) is 14.6. The third-order valence-electron chi connectivity index (χ3n) is 1.87. The number of hydrogen-bond acceptors (Lipinski definition) is 3. The van der Waals surface area contributed by atoms with Crippen LogP contribution in [0.5, 0.6) is 5.75 Å². The van der Waals surface area contributed by atoms with Crippen LogP contribution in [0, 0.1) is 6.92 Å². The SMILES string of the molecule is COc1ccc(C)nc1CCC(=O)O. The summed E-state index contributed by atoms with van der Waals surface area (Å²) >= 11 is 0. The third-order valence-corrected chi connectivity index (χ3v) is 1.87. The van der Waals surface area contributed by atoms with E-state index in [1.165, 1.54) is 0 Å². The van der Waals surface area contributed by atoms with E-state index in [9.17, 15) is 4.79 Å². The Balaban J connectivity index is 2.82. The van der Waals surface area contributed by atoms with Crippen molar-refractivity contribution in [2.24, 2.45) is 0 Å². The van der Waals surface area contributed by atoms with Crippen molar-refractivity contribution >= 4 is 5.97 Å². The smallest absolute Gasteiger partial charge is 0.303 e. The summed E-state index contributed by atoms with van der Waals surface area (Å²) in [6.45, 7) is 1.86. The molecule has 4 nitrogen and oxygen atoms in total. The molecule has 0 aliphatic rings. The molecule has 4 heteroatoms. The van der Waals surface area contributed by atoms with Gasteiger partial charge in [-0.25, -0.2) is 0 Å². The zero-order valence-corrected chi connectivity index (χ0v) is 8.28. The van der Waals surface area contributed by atoms with E-state index >= 15 is 0 Å². The van der Waals surface area contributed by atoms with Crippen molar-refractivity contribution in [1.29, 1.82) is 0 Å². The second-order valence-corrected chi connectivity index (χ2v) is 3.00. The van der Waals surface area contributed by atoms with Gasteiger partial charge in [-0.15, -0.1) is 0 Å². The molecule has 0 amide bonds. The van der Waals surface area contributed by atoms with Crippen molar-refractivity contribution < 1.29 is 14.6 Å². The first-order valence-electron chi connectivity index (χ1n) is 4.36. The van der Waals surface area contributed by atoms with Crippen molar-refractivity contribution in [1.82, 2.24) is 4.98 Å². The molecule has 1 aromatic heterocycles. The predicted molar refractivity (Wildman–Crippen MR) is 51.5 cm³/mol. The molecule has 0 saturated heterocycles. The maximum absolute atomic E-state index is 10.4. The number of nitrogens with zero attached hydrogens (tertiary/aromatic N) is 1. The molecule has 0 saturated carbocycles. The van der Waals surface area contributed by atoms with Crippen LogP contribution in [0.3, 0.4) is 0 Å². The number of aryl methyl sites for hydroxylation is 2. The molecule has 0 fully saturated rings. The summed E-state index contributed by atoms with van der Waals surface area (Å²) in [5.74, 6) is -0.174. The fourth-order valence-electron chi connectivity index (χ4n) is 1.19. The molecule has 76 valence electrons. The number of pyridine rings is 1. The summed E-state index contributed by atoms with van der Waals surface area (Å²) in [7, 11) is 1.55. The lowest BCUT2D eigenvalue weighted by atomic mass is 10.2. The Hall–Kier alpha value is -1.58. The van der Waals surface area contributed by atoms with E-state index in [-0.39, 0.29) is 6.42 Å². The molecule has 1 N–H and O–H groups in total. The van der Waals surface area contributed by atoms with E-state index < -0.39 is 5.97 Å². The number of aliphatic carboxylic acids is 1. The minimum absolute atomic E-state index is 0.0762. The number of rotatable bonds is 4. The number of carbonyl (C=O) groups is 1. The number of carboxylic acids is 1. The van der Waals surface area contributed by atoms with E-state index in [1.807, 2.05) is 13.0 Å². The van der Waals surface area contributed by atoms with Crippen molar-refractivity contribution in [3.63, 3.8) is 0 Å². The van der Waals surface area contributed by atoms with Gasteiger partial charge in [0.2, 0.25) is 0 Å². The van der Waals surface area contributed by atoms with Gasteiger partial charge < -0.3 is 9.84 Å². The highest BCUT2D eigenvalue weighted by molar-refractivity contribution is 5.67. The van der Waals surface area contributed by atoms with Gasteiger partial charge >= 0.3 is 5.97 Å². The first kappa shape index (κ1) is 10.5. The molecule has 0 unspecified atom stereocenters. The van der Waals surface area contributed by atoms with E-state index in [4.69, 9.17) is 9.84 Å². The molecule has 0 aromatic carbocycles. The largest absolute Gasteiger partial charge is 0.495 e. The Kier molecular flexibility index (Phi) is 3.45. The molecule has 0 bridgehead atoms. The van der Waals surface area contributed by atoms with Crippen LogP contribution in [-0.4, -0.2) is 23.2 Å². The van der Waals surface area contributed by atoms with Gasteiger partial charge in [0.15, 0.2) is 0 Å². The molecule has 0 spiro atoms. The fraction of sp³-hybridized carbons (Fsp3) is 0.400. The second kappa shape index (κ2) is 4.60. The van der Waals surface area contributed by atoms with Crippen LogP contribution in [0.2, 0.25) is 0 Å². The standard InChI is InChI=1S/C10H13NO3/c1-7-3-5-9(14-2)8(11-7)4-6-10(12)13/h3,5H,4,6H2,1-2H3,(H,12,13). The average Bonchev–Trinajstić information content (AvgIpc) is 2.15. The number of aromatic nitrogens is 1. The minimum Gasteiger partial charge on any atom is -0.495 e. The van der Waals surface area contributed by atoms with Crippen LogP contribution in [0.1, 0.15) is 17.8 Å². The van der Waals surface area contributed by atoms with Crippen LogP contribution >= 0.6 is 0 Å². The van der Waals surface area contributed by atoms with Crippen LogP contribution in [0.15, 0.2) is 12.1 Å². The first-order valence-corrected chi connectivity index (χ1v) is 4.36. The molecule has 0 aliphatic heterocycles. The van der Waals surface area contributed by atoms with Gasteiger partial charge in [-0.2, -0.15) is 0 Å². The number of carboxylic acid groups (broad SMARTS) is 1. The monoisotopic (exact) mass is 195 g/mol. The highest BCUT2D eigenvalue weighted by Crippen LogP contribution is 2.17. The van der Waals surface area contributed by atoms with Crippen molar-refractivity contribution in [3.05, 3.63) is 23.5 Å². The number of methoxy groups -OCH3 is 1. The van der Waals surface area contributed by atoms with E-state index in [2.05, 4.69) is 4.98 Å². The number of hydrogen-bond donors (Lipinski definition) is 1. The summed E-state index contributed by atoms with van der Waals surface area (Å²) < 4.78 is 5.08.